The minimum Gasteiger partial charge on any atom is -0.0651 e. The lowest BCUT2D eigenvalue weighted by atomic mass is 9.64. The van der Waals surface area contributed by atoms with Crippen LogP contribution in [0.4, 0.5) is 0 Å². The van der Waals surface area contributed by atoms with Gasteiger partial charge in [-0.25, -0.2) is 0 Å². The zero-order valence-electron chi connectivity index (χ0n) is 11.4. The van der Waals surface area contributed by atoms with Crippen molar-refractivity contribution in [2.24, 2.45) is 29.6 Å². The van der Waals surface area contributed by atoms with Gasteiger partial charge in [0.25, 0.3) is 0 Å². The van der Waals surface area contributed by atoms with Crippen LogP contribution in [0.15, 0.2) is 0 Å². The molecule has 0 heterocycles. The second-order valence-corrected chi connectivity index (χ2v) is 6.07. The minimum atomic E-state index is 0.892. The van der Waals surface area contributed by atoms with Crippen molar-refractivity contribution in [3.05, 3.63) is 0 Å². The molecule has 1 rings (SSSR count). The third-order valence-electron chi connectivity index (χ3n) is 4.73. The van der Waals surface area contributed by atoms with E-state index < -0.39 is 0 Å². The molecule has 3 unspecified atom stereocenters. The first-order valence-corrected chi connectivity index (χ1v) is 7.10. The Hall–Kier alpha value is 0. The van der Waals surface area contributed by atoms with Crippen LogP contribution in [0, 0.1) is 29.6 Å². The maximum atomic E-state index is 2.45. The Morgan fingerprint density at radius 3 is 2.07 bits per heavy atom. The molecular formula is C15H30. The molecule has 0 aliphatic heterocycles. The SMILES string of the molecule is CCC(CC)C1CC(C)CCC1C(C)C. The highest BCUT2D eigenvalue weighted by Gasteiger charge is 2.34. The highest BCUT2D eigenvalue weighted by molar-refractivity contribution is 4.84. The maximum Gasteiger partial charge on any atom is -0.0353 e. The molecule has 0 aromatic rings. The van der Waals surface area contributed by atoms with Crippen LogP contribution in [0.5, 0.6) is 0 Å². The van der Waals surface area contributed by atoms with E-state index >= 15 is 0 Å². The fraction of sp³-hybridized carbons (Fsp3) is 1.00. The highest BCUT2D eigenvalue weighted by Crippen LogP contribution is 2.43. The Balaban J connectivity index is 2.68. The van der Waals surface area contributed by atoms with E-state index in [1.807, 2.05) is 0 Å². The largest absolute Gasteiger partial charge is 0.0651 e. The summed E-state index contributed by atoms with van der Waals surface area (Å²) in [5.41, 5.74) is 0. The Labute approximate surface area is 96.8 Å². The molecule has 0 bridgehead atoms. The lowest BCUT2D eigenvalue weighted by Crippen LogP contribution is -2.32. The molecule has 0 amide bonds. The zero-order valence-corrected chi connectivity index (χ0v) is 11.4. The van der Waals surface area contributed by atoms with Crippen LogP contribution in [0.25, 0.3) is 0 Å². The molecule has 3 atom stereocenters. The third-order valence-corrected chi connectivity index (χ3v) is 4.73. The summed E-state index contributed by atoms with van der Waals surface area (Å²) >= 11 is 0. The Bertz CT molecular complexity index is 167. The second-order valence-electron chi connectivity index (χ2n) is 6.07. The van der Waals surface area contributed by atoms with Gasteiger partial charge in [0.2, 0.25) is 0 Å². The van der Waals surface area contributed by atoms with Gasteiger partial charge in [-0.2, -0.15) is 0 Å². The van der Waals surface area contributed by atoms with Crippen molar-refractivity contribution in [3.8, 4) is 0 Å². The quantitative estimate of drug-likeness (QED) is 0.603. The van der Waals surface area contributed by atoms with Crippen LogP contribution < -0.4 is 0 Å². The van der Waals surface area contributed by atoms with Crippen LogP contribution in [0.2, 0.25) is 0 Å². The van der Waals surface area contributed by atoms with E-state index in [0.717, 1.165) is 29.6 Å². The first-order valence-electron chi connectivity index (χ1n) is 7.10. The predicted octanol–water partition coefficient (Wildman–Crippen LogP) is 5.13. The average Bonchev–Trinajstić information content (AvgIpc) is 2.19. The number of hydrogen-bond acceptors (Lipinski definition) is 0. The normalized spacial score (nSPS) is 32.6. The van der Waals surface area contributed by atoms with Crippen molar-refractivity contribution in [2.45, 2.75) is 66.7 Å². The van der Waals surface area contributed by atoms with Crippen molar-refractivity contribution < 1.29 is 0 Å². The molecule has 0 spiro atoms. The van der Waals surface area contributed by atoms with E-state index in [4.69, 9.17) is 0 Å². The molecule has 15 heavy (non-hydrogen) atoms. The zero-order chi connectivity index (χ0) is 11.4. The van der Waals surface area contributed by atoms with Crippen molar-refractivity contribution >= 4 is 0 Å². The van der Waals surface area contributed by atoms with Gasteiger partial charge in [-0.15, -0.1) is 0 Å². The standard InChI is InChI=1S/C15H30/c1-6-13(7-2)15-10-12(5)8-9-14(15)11(3)4/h11-15H,6-10H2,1-5H3. The van der Waals surface area contributed by atoms with Crippen molar-refractivity contribution in [3.63, 3.8) is 0 Å². The van der Waals surface area contributed by atoms with Crippen LogP contribution in [-0.2, 0) is 0 Å². The Morgan fingerprint density at radius 2 is 1.60 bits per heavy atom. The van der Waals surface area contributed by atoms with Crippen LogP contribution in [-0.4, -0.2) is 0 Å². The highest BCUT2D eigenvalue weighted by atomic mass is 14.4. The first-order chi connectivity index (χ1) is 7.10. The summed E-state index contributed by atoms with van der Waals surface area (Å²) in [7, 11) is 0. The lowest BCUT2D eigenvalue weighted by molar-refractivity contribution is 0.0876. The van der Waals surface area contributed by atoms with E-state index in [1.54, 1.807) is 0 Å². The Kier molecular flexibility index (Phi) is 5.15. The fourth-order valence-corrected chi connectivity index (χ4v) is 3.71. The molecule has 0 nitrogen and oxygen atoms in total. The molecule has 0 heteroatoms. The van der Waals surface area contributed by atoms with E-state index in [9.17, 15) is 0 Å². The van der Waals surface area contributed by atoms with E-state index in [0.29, 0.717) is 0 Å². The van der Waals surface area contributed by atoms with Crippen molar-refractivity contribution in [1.82, 2.24) is 0 Å². The van der Waals surface area contributed by atoms with E-state index in [-0.39, 0.29) is 0 Å². The summed E-state index contributed by atoms with van der Waals surface area (Å²) in [6.45, 7) is 12.1. The van der Waals surface area contributed by atoms with Gasteiger partial charge in [0.05, 0.1) is 0 Å². The van der Waals surface area contributed by atoms with Crippen LogP contribution >= 0.6 is 0 Å². The molecular weight excluding hydrogens is 180 g/mol. The van der Waals surface area contributed by atoms with Gasteiger partial charge < -0.3 is 0 Å². The van der Waals surface area contributed by atoms with Gasteiger partial charge in [0.1, 0.15) is 0 Å². The first kappa shape index (κ1) is 13.1. The topological polar surface area (TPSA) is 0 Å². The summed E-state index contributed by atoms with van der Waals surface area (Å²) in [5, 5.41) is 0. The molecule has 1 aliphatic carbocycles. The van der Waals surface area contributed by atoms with Gasteiger partial charge in [-0.05, 0) is 42.4 Å². The maximum absolute atomic E-state index is 2.45. The molecule has 0 saturated heterocycles. The molecule has 0 N–H and O–H groups in total. The van der Waals surface area contributed by atoms with Gasteiger partial charge in [0, 0.05) is 0 Å². The Morgan fingerprint density at radius 1 is 1.00 bits per heavy atom. The van der Waals surface area contributed by atoms with Gasteiger partial charge in [-0.1, -0.05) is 53.9 Å². The summed E-state index contributed by atoms with van der Waals surface area (Å²) in [6, 6.07) is 0. The molecule has 1 saturated carbocycles. The predicted molar refractivity (Wildman–Crippen MR) is 68.9 cm³/mol. The van der Waals surface area contributed by atoms with Crippen LogP contribution in [0.1, 0.15) is 66.7 Å². The molecule has 0 aromatic heterocycles. The summed E-state index contributed by atoms with van der Waals surface area (Å²) in [6.07, 6.45) is 7.23. The number of hydrogen-bond donors (Lipinski definition) is 0. The molecule has 1 fully saturated rings. The van der Waals surface area contributed by atoms with Crippen molar-refractivity contribution in [2.75, 3.05) is 0 Å². The summed E-state index contributed by atoms with van der Waals surface area (Å²) in [4.78, 5) is 0. The van der Waals surface area contributed by atoms with Gasteiger partial charge >= 0.3 is 0 Å². The van der Waals surface area contributed by atoms with Gasteiger partial charge in [0.15, 0.2) is 0 Å². The minimum absolute atomic E-state index is 0.892. The molecule has 0 aromatic carbocycles. The third kappa shape index (κ3) is 3.23. The van der Waals surface area contributed by atoms with Crippen LogP contribution in [0.3, 0.4) is 0 Å². The van der Waals surface area contributed by atoms with E-state index in [1.165, 1.54) is 32.1 Å². The summed E-state index contributed by atoms with van der Waals surface area (Å²) < 4.78 is 0. The number of rotatable bonds is 4. The summed E-state index contributed by atoms with van der Waals surface area (Å²) in [5.74, 6) is 4.88. The van der Waals surface area contributed by atoms with Gasteiger partial charge in [-0.3, -0.25) is 0 Å². The lowest BCUT2D eigenvalue weighted by Gasteiger charge is -2.41. The molecule has 1 aliphatic rings. The average molecular weight is 210 g/mol. The van der Waals surface area contributed by atoms with E-state index in [2.05, 4.69) is 34.6 Å². The monoisotopic (exact) mass is 210 g/mol. The molecule has 0 radical (unpaired) electrons. The molecule has 90 valence electrons. The second kappa shape index (κ2) is 5.92. The van der Waals surface area contributed by atoms with Crippen molar-refractivity contribution in [1.29, 1.82) is 0 Å². The smallest absolute Gasteiger partial charge is 0.0353 e. The fourth-order valence-electron chi connectivity index (χ4n) is 3.71.